The normalized spacial score (nSPS) is 12.1. The molecule has 4 amide bonds. The third kappa shape index (κ3) is 40.1. The number of carboxylic acids is 1. The van der Waals surface area contributed by atoms with Gasteiger partial charge in [0, 0.05) is 13.1 Å². The molecule has 17 nitrogen and oxygen atoms in total. The minimum atomic E-state index is -1.12. The Morgan fingerprint density at radius 2 is 0.891 bits per heavy atom. The third-order valence-electron chi connectivity index (χ3n) is 5.53. The Hall–Kier alpha value is -4.90. The first-order valence-electron chi connectivity index (χ1n) is 17.9. The number of terminal acetylenes is 2. The Morgan fingerprint density at radius 3 is 1.20 bits per heavy atom. The number of hydrogen-bond acceptors (Lipinski definition) is 12. The maximum Gasteiger partial charge on any atom is 0.408 e. The van der Waals surface area contributed by atoms with Crippen LogP contribution >= 0.6 is 0 Å². The smallest absolute Gasteiger partial charge is 0.408 e. The lowest BCUT2D eigenvalue weighted by atomic mass is 10.1. The highest BCUT2D eigenvalue weighted by molar-refractivity contribution is 5.81. The summed E-state index contributed by atoms with van der Waals surface area (Å²) >= 11 is 0. The molecule has 2 unspecified atom stereocenters. The van der Waals surface area contributed by atoms with Gasteiger partial charge in [0.1, 0.15) is 41.1 Å². The summed E-state index contributed by atoms with van der Waals surface area (Å²) in [6, 6.07) is -1.91. The number of aliphatic carboxylic acids is 1. The van der Waals surface area contributed by atoms with E-state index < -0.39 is 70.8 Å². The van der Waals surface area contributed by atoms with E-state index in [0.29, 0.717) is 45.2 Å². The lowest BCUT2D eigenvalue weighted by Gasteiger charge is -2.23. The number of carbonyl (C=O) groups excluding carboxylic acids is 5. The van der Waals surface area contributed by atoms with Gasteiger partial charge in [0.15, 0.2) is 6.61 Å². The van der Waals surface area contributed by atoms with Crippen molar-refractivity contribution in [2.45, 2.75) is 156 Å². The number of hydrogen-bond donors (Lipinski definition) is 6. The van der Waals surface area contributed by atoms with Gasteiger partial charge in [-0.05, 0) is 122 Å². The summed E-state index contributed by atoms with van der Waals surface area (Å²) in [5.41, 5.74) is -2.50. The molecule has 0 aliphatic heterocycles. The summed E-state index contributed by atoms with van der Waals surface area (Å²) in [5, 5.41) is 26.8. The summed E-state index contributed by atoms with van der Waals surface area (Å²) in [6.45, 7) is 21.3. The van der Waals surface area contributed by atoms with Crippen LogP contribution in [0.25, 0.3) is 0 Å². The number of carboxylic acid groups (broad SMARTS) is 1. The lowest BCUT2D eigenvalue weighted by molar-refractivity contribution is -0.145. The second-order valence-corrected chi connectivity index (χ2v) is 15.8. The molecule has 17 heteroatoms. The minimum absolute atomic E-state index is 0.153. The van der Waals surface area contributed by atoms with Crippen molar-refractivity contribution < 1.29 is 62.7 Å². The summed E-state index contributed by atoms with van der Waals surface area (Å²) < 4.78 is 25.3. The first-order chi connectivity index (χ1) is 25.1. The molecule has 0 saturated carbocycles. The molecule has 0 aromatic carbocycles. The molecule has 0 aliphatic carbocycles. The Kier molecular flexibility index (Phi) is 27.4. The van der Waals surface area contributed by atoms with E-state index >= 15 is 0 Å². The average molecular weight is 787 g/mol. The molecule has 0 spiro atoms. The maximum absolute atomic E-state index is 12.1. The van der Waals surface area contributed by atoms with Crippen LogP contribution in [-0.4, -0.2) is 107 Å². The average Bonchev–Trinajstić information content (AvgIpc) is 2.99. The largest absolute Gasteiger partial charge is 0.480 e. The molecule has 0 aromatic rings. The summed E-state index contributed by atoms with van der Waals surface area (Å²) in [5.74, 6) is 2.44. The van der Waals surface area contributed by atoms with Crippen molar-refractivity contribution >= 4 is 36.3 Å². The summed E-state index contributed by atoms with van der Waals surface area (Å²) in [4.78, 5) is 69.7. The number of ether oxygens (including phenoxy) is 5. The molecule has 0 fully saturated rings. The Morgan fingerprint density at radius 1 is 0.564 bits per heavy atom. The van der Waals surface area contributed by atoms with Gasteiger partial charge in [-0.1, -0.05) is 11.8 Å². The Labute approximate surface area is 327 Å². The number of rotatable bonds is 15. The van der Waals surface area contributed by atoms with Crippen LogP contribution < -0.4 is 21.3 Å². The number of carbonyl (C=O) groups is 6. The van der Waals surface area contributed by atoms with E-state index in [2.05, 4.69) is 33.6 Å². The van der Waals surface area contributed by atoms with E-state index in [9.17, 15) is 28.8 Å². The fourth-order valence-corrected chi connectivity index (χ4v) is 3.58. The van der Waals surface area contributed by atoms with Crippen molar-refractivity contribution in [1.82, 2.24) is 21.3 Å². The van der Waals surface area contributed by atoms with Crippen molar-refractivity contribution in [3.8, 4) is 24.7 Å². The van der Waals surface area contributed by atoms with E-state index in [1.54, 1.807) is 83.1 Å². The SMILES string of the molecule is C#CCO.C#CCOC(=O)C(CCCCNC(=O)OC(C)(C)C)NC(=O)OC(C)(C)C.CC(C)(C)OC(=O)NCCCCC(NC(=O)OC(C)(C)C)C(=O)O. The van der Waals surface area contributed by atoms with Gasteiger partial charge in [0.25, 0.3) is 0 Å². The highest BCUT2D eigenvalue weighted by Crippen LogP contribution is 2.11. The second-order valence-electron chi connectivity index (χ2n) is 15.8. The van der Waals surface area contributed by atoms with Crippen LogP contribution in [0, 0.1) is 24.7 Å². The second kappa shape index (κ2) is 27.6. The van der Waals surface area contributed by atoms with Gasteiger partial charge in [0.2, 0.25) is 0 Å². The van der Waals surface area contributed by atoms with Gasteiger partial charge in [0.05, 0.1) is 0 Å². The van der Waals surface area contributed by atoms with Crippen LogP contribution in [0.15, 0.2) is 0 Å². The number of amides is 4. The molecule has 55 heavy (non-hydrogen) atoms. The van der Waals surface area contributed by atoms with Crippen LogP contribution in [0.3, 0.4) is 0 Å². The predicted octanol–water partition coefficient (Wildman–Crippen LogP) is 5.02. The molecule has 2 atom stereocenters. The van der Waals surface area contributed by atoms with E-state index in [1.807, 2.05) is 5.92 Å². The number of nitrogens with one attached hydrogen (secondary N) is 4. The number of aliphatic hydroxyl groups excluding tert-OH is 1. The van der Waals surface area contributed by atoms with Gasteiger partial charge in [-0.15, -0.1) is 12.8 Å². The fourth-order valence-electron chi connectivity index (χ4n) is 3.58. The van der Waals surface area contributed by atoms with Gasteiger partial charge in [-0.2, -0.15) is 0 Å². The number of unbranched alkanes of at least 4 members (excludes halogenated alkanes) is 2. The van der Waals surface area contributed by atoms with Crippen LogP contribution in [-0.2, 0) is 33.3 Å². The molecule has 0 bridgehead atoms. The summed E-state index contributed by atoms with van der Waals surface area (Å²) in [7, 11) is 0. The van der Waals surface area contributed by atoms with Crippen molar-refractivity contribution in [1.29, 1.82) is 0 Å². The van der Waals surface area contributed by atoms with Crippen molar-refractivity contribution in [2.24, 2.45) is 0 Å². The van der Waals surface area contributed by atoms with Gasteiger partial charge < -0.3 is 55.2 Å². The molecule has 0 rings (SSSR count). The first kappa shape index (κ1) is 54.4. The molecule has 0 heterocycles. The fraction of sp³-hybridized carbons (Fsp3) is 0.737. The topological polar surface area (TPSA) is 237 Å². The van der Waals surface area contributed by atoms with Gasteiger partial charge in [-0.25, -0.2) is 28.8 Å². The Bertz CT molecular complexity index is 1260. The monoisotopic (exact) mass is 786 g/mol. The number of alkyl carbamates (subject to hydrolysis) is 4. The van der Waals surface area contributed by atoms with Gasteiger partial charge in [-0.3, -0.25) is 0 Å². The van der Waals surface area contributed by atoms with Crippen LogP contribution in [0.4, 0.5) is 19.2 Å². The molecule has 0 aliphatic rings. The zero-order valence-electron chi connectivity index (χ0n) is 34.8. The standard InChI is InChI=1S/C19H32N2O6.C16H30N2O6.C3H4O/c1-8-13-25-15(22)14(21-17(24)27-19(5,6)7)11-9-10-12-20-16(23)26-18(2,3)4;1-15(2,3)23-13(21)17-10-8-7-9-11(12(19)20)18-14(22)24-16(4,5)6;1-2-3-4/h1,14H,9-13H2,2-7H3,(H,20,23)(H,21,24);11H,7-10H2,1-6H3,(H,17,21)(H,18,22)(H,19,20);1,4H,3H2. The minimum Gasteiger partial charge on any atom is -0.480 e. The highest BCUT2D eigenvalue weighted by Gasteiger charge is 2.26. The van der Waals surface area contributed by atoms with E-state index in [0.717, 1.165) is 0 Å². The van der Waals surface area contributed by atoms with E-state index in [-0.39, 0.29) is 19.6 Å². The van der Waals surface area contributed by atoms with Crippen LogP contribution in [0.2, 0.25) is 0 Å². The quantitative estimate of drug-likeness (QED) is 0.0554. The van der Waals surface area contributed by atoms with Crippen molar-refractivity contribution in [2.75, 3.05) is 26.3 Å². The number of aliphatic hydroxyl groups is 1. The van der Waals surface area contributed by atoms with E-state index in [4.69, 9.17) is 40.3 Å². The van der Waals surface area contributed by atoms with Gasteiger partial charge >= 0.3 is 36.3 Å². The van der Waals surface area contributed by atoms with E-state index in [1.165, 1.54) is 0 Å². The molecule has 0 aromatic heterocycles. The van der Waals surface area contributed by atoms with Crippen LogP contribution in [0.5, 0.6) is 0 Å². The molecule has 6 N–H and O–H groups in total. The molecule has 316 valence electrons. The molecule has 0 saturated heterocycles. The van der Waals surface area contributed by atoms with Crippen molar-refractivity contribution in [3.63, 3.8) is 0 Å². The zero-order valence-corrected chi connectivity index (χ0v) is 34.8. The summed E-state index contributed by atoms with van der Waals surface area (Å²) in [6.07, 6.45) is 9.92. The predicted molar refractivity (Wildman–Crippen MR) is 206 cm³/mol. The Balaban J connectivity index is -0.000000899. The first-order valence-corrected chi connectivity index (χ1v) is 17.9. The van der Waals surface area contributed by atoms with Crippen LogP contribution in [0.1, 0.15) is 122 Å². The lowest BCUT2D eigenvalue weighted by Crippen LogP contribution is -2.44. The molecular weight excluding hydrogens is 720 g/mol. The zero-order chi connectivity index (χ0) is 43.5. The molecular formula is C38H66N4O13. The van der Waals surface area contributed by atoms with Crippen molar-refractivity contribution in [3.05, 3.63) is 0 Å². The highest BCUT2D eigenvalue weighted by atomic mass is 16.6. The number of esters is 1. The maximum atomic E-state index is 12.1. The third-order valence-corrected chi connectivity index (χ3v) is 5.53. The molecule has 0 radical (unpaired) electrons.